The van der Waals surface area contributed by atoms with E-state index in [2.05, 4.69) is 6.92 Å². The van der Waals surface area contributed by atoms with Crippen molar-refractivity contribution in [3.63, 3.8) is 0 Å². The van der Waals surface area contributed by atoms with E-state index in [0.29, 0.717) is 5.15 Å². The van der Waals surface area contributed by atoms with Gasteiger partial charge in [-0.1, -0.05) is 24.6 Å². The molecule has 1 aromatic heterocycles. The molecule has 2 N–H and O–H groups in total. The molecule has 0 saturated heterocycles. The van der Waals surface area contributed by atoms with E-state index in [1.54, 1.807) is 6.07 Å². The van der Waals surface area contributed by atoms with Crippen LogP contribution >= 0.6 is 11.6 Å². The molecular formula is C8H11ClN2. The van der Waals surface area contributed by atoms with Crippen molar-refractivity contribution in [2.75, 3.05) is 5.84 Å². The van der Waals surface area contributed by atoms with Crippen LogP contribution in [0.1, 0.15) is 19.0 Å². The van der Waals surface area contributed by atoms with Crippen molar-refractivity contribution in [1.82, 2.24) is 4.68 Å². The number of hydrogen-bond donors (Lipinski definition) is 1. The van der Waals surface area contributed by atoms with Crippen molar-refractivity contribution in [3.8, 4) is 0 Å². The molecule has 2 nitrogen and oxygen atoms in total. The highest BCUT2D eigenvalue weighted by atomic mass is 35.5. The molecule has 0 aliphatic rings. The highest BCUT2D eigenvalue weighted by molar-refractivity contribution is 6.29. The number of hydrogen-bond acceptors (Lipinski definition) is 1. The van der Waals surface area contributed by atoms with Crippen molar-refractivity contribution in [2.24, 2.45) is 0 Å². The number of nitrogen functional groups attached to an aromatic ring is 1. The van der Waals surface area contributed by atoms with Gasteiger partial charge < -0.3 is 5.84 Å². The summed E-state index contributed by atoms with van der Waals surface area (Å²) in [6, 6.07) is 3.66. The summed E-state index contributed by atoms with van der Waals surface area (Å²) in [6.45, 7) is 2.07. The first-order valence-electron chi connectivity index (χ1n) is 3.54. The molecule has 0 aliphatic heterocycles. The number of halogens is 1. The topological polar surface area (TPSA) is 30.9 Å². The molecule has 1 aromatic rings. The Hall–Kier alpha value is -0.890. The number of nitrogens with two attached hydrogens (primary N) is 1. The Labute approximate surface area is 71.2 Å². The predicted molar refractivity (Wildman–Crippen MR) is 48.9 cm³/mol. The van der Waals surface area contributed by atoms with E-state index in [4.69, 9.17) is 17.4 Å². The third-order valence-electron chi connectivity index (χ3n) is 1.42. The van der Waals surface area contributed by atoms with Crippen LogP contribution in [0.15, 0.2) is 18.2 Å². The normalized spacial score (nSPS) is 11.1. The Balaban J connectivity index is 2.87. The van der Waals surface area contributed by atoms with Crippen LogP contribution in [0.25, 0.3) is 6.08 Å². The molecule has 0 amide bonds. The van der Waals surface area contributed by atoms with Gasteiger partial charge in [-0.05, 0) is 24.6 Å². The smallest absolute Gasteiger partial charge is 0.128 e. The zero-order valence-electron chi connectivity index (χ0n) is 6.42. The lowest BCUT2D eigenvalue weighted by Gasteiger charge is -1.97. The van der Waals surface area contributed by atoms with Crippen molar-refractivity contribution in [1.29, 1.82) is 0 Å². The molecule has 0 fully saturated rings. The molecule has 0 radical (unpaired) electrons. The number of nitrogens with zero attached hydrogens (tertiary/aromatic N) is 1. The molecule has 60 valence electrons. The van der Waals surface area contributed by atoms with E-state index in [1.807, 2.05) is 18.2 Å². The van der Waals surface area contributed by atoms with E-state index in [0.717, 1.165) is 12.1 Å². The molecular weight excluding hydrogens is 160 g/mol. The third kappa shape index (κ3) is 1.77. The summed E-state index contributed by atoms with van der Waals surface area (Å²) < 4.78 is 1.45. The van der Waals surface area contributed by atoms with Crippen LogP contribution in [0.2, 0.25) is 5.15 Å². The van der Waals surface area contributed by atoms with Gasteiger partial charge in [-0.15, -0.1) is 0 Å². The molecule has 0 aromatic carbocycles. The number of aromatic nitrogens is 1. The van der Waals surface area contributed by atoms with Gasteiger partial charge in [-0.2, -0.15) is 0 Å². The molecule has 0 spiro atoms. The van der Waals surface area contributed by atoms with Crippen LogP contribution < -0.4 is 5.84 Å². The average molecular weight is 171 g/mol. The fourth-order valence-corrected chi connectivity index (χ4v) is 0.973. The standard InChI is InChI=1S/C8H11ClN2/c1-2-3-4-7-5-6-8(9)11(7)10/h3-6H,2,10H2,1H3/b4-3+. The molecule has 3 heteroatoms. The van der Waals surface area contributed by atoms with E-state index >= 15 is 0 Å². The van der Waals surface area contributed by atoms with Gasteiger partial charge in [0, 0.05) is 0 Å². The second kappa shape index (κ2) is 3.49. The maximum atomic E-state index is 5.71. The summed E-state index contributed by atoms with van der Waals surface area (Å²) in [4.78, 5) is 0. The lowest BCUT2D eigenvalue weighted by Crippen LogP contribution is -2.09. The van der Waals surface area contributed by atoms with E-state index in [-0.39, 0.29) is 0 Å². The second-order valence-corrected chi connectivity index (χ2v) is 2.65. The fraction of sp³-hybridized carbons (Fsp3) is 0.250. The van der Waals surface area contributed by atoms with Crippen molar-refractivity contribution in [2.45, 2.75) is 13.3 Å². The van der Waals surface area contributed by atoms with Gasteiger partial charge in [0.25, 0.3) is 0 Å². The molecule has 11 heavy (non-hydrogen) atoms. The van der Waals surface area contributed by atoms with Crippen LogP contribution in [0.4, 0.5) is 0 Å². The minimum Gasteiger partial charge on any atom is -0.338 e. The first kappa shape index (κ1) is 8.21. The summed E-state index contributed by atoms with van der Waals surface area (Å²) in [5.74, 6) is 5.58. The van der Waals surface area contributed by atoms with Crippen LogP contribution in [0.3, 0.4) is 0 Å². The Kier molecular flexibility index (Phi) is 2.60. The van der Waals surface area contributed by atoms with Gasteiger partial charge in [0.2, 0.25) is 0 Å². The van der Waals surface area contributed by atoms with Gasteiger partial charge in [-0.25, -0.2) is 0 Å². The Morgan fingerprint density at radius 2 is 2.36 bits per heavy atom. The molecule has 0 aliphatic carbocycles. The van der Waals surface area contributed by atoms with Crippen molar-refractivity contribution < 1.29 is 0 Å². The fourth-order valence-electron chi connectivity index (χ4n) is 0.813. The van der Waals surface area contributed by atoms with Gasteiger partial charge in [0.05, 0.1) is 5.69 Å². The molecule has 0 saturated carbocycles. The van der Waals surface area contributed by atoms with Gasteiger partial charge in [0.15, 0.2) is 0 Å². The van der Waals surface area contributed by atoms with Crippen LogP contribution in [0, 0.1) is 0 Å². The maximum Gasteiger partial charge on any atom is 0.128 e. The Bertz CT molecular complexity index is 263. The highest BCUT2D eigenvalue weighted by Gasteiger charge is 1.97. The van der Waals surface area contributed by atoms with Gasteiger partial charge in [-0.3, -0.25) is 4.68 Å². The van der Waals surface area contributed by atoms with Crippen molar-refractivity contribution >= 4 is 17.7 Å². The van der Waals surface area contributed by atoms with Gasteiger partial charge in [0.1, 0.15) is 5.15 Å². The lowest BCUT2D eigenvalue weighted by atomic mass is 10.3. The summed E-state index contributed by atoms with van der Waals surface area (Å²) >= 11 is 5.71. The van der Waals surface area contributed by atoms with Crippen molar-refractivity contribution in [3.05, 3.63) is 29.1 Å². The summed E-state index contributed by atoms with van der Waals surface area (Å²) in [6.07, 6.45) is 4.99. The quantitative estimate of drug-likeness (QED) is 0.679. The zero-order chi connectivity index (χ0) is 8.27. The largest absolute Gasteiger partial charge is 0.338 e. The average Bonchev–Trinajstić information content (AvgIpc) is 2.31. The van der Waals surface area contributed by atoms with Crippen LogP contribution in [-0.4, -0.2) is 4.68 Å². The molecule has 0 unspecified atom stereocenters. The first-order valence-corrected chi connectivity index (χ1v) is 3.92. The lowest BCUT2D eigenvalue weighted by molar-refractivity contribution is 1.00. The minimum absolute atomic E-state index is 0.556. The summed E-state index contributed by atoms with van der Waals surface area (Å²) in [5.41, 5.74) is 0.928. The third-order valence-corrected chi connectivity index (χ3v) is 1.73. The molecule has 1 heterocycles. The summed E-state index contributed by atoms with van der Waals surface area (Å²) in [7, 11) is 0. The Morgan fingerprint density at radius 1 is 1.64 bits per heavy atom. The predicted octanol–water partition coefficient (Wildman–Crippen LogP) is 2.28. The molecule has 0 atom stereocenters. The van der Waals surface area contributed by atoms with E-state index in [1.165, 1.54) is 4.68 Å². The van der Waals surface area contributed by atoms with E-state index in [9.17, 15) is 0 Å². The monoisotopic (exact) mass is 170 g/mol. The number of allylic oxidation sites excluding steroid dienone is 1. The summed E-state index contributed by atoms with van der Waals surface area (Å²) in [5, 5.41) is 0.556. The van der Waals surface area contributed by atoms with Crippen LogP contribution in [-0.2, 0) is 0 Å². The second-order valence-electron chi connectivity index (χ2n) is 2.26. The zero-order valence-corrected chi connectivity index (χ0v) is 7.17. The Morgan fingerprint density at radius 3 is 2.82 bits per heavy atom. The number of rotatable bonds is 2. The first-order chi connectivity index (χ1) is 5.25. The van der Waals surface area contributed by atoms with E-state index < -0.39 is 0 Å². The maximum absolute atomic E-state index is 5.71. The van der Waals surface area contributed by atoms with Crippen LogP contribution in [0.5, 0.6) is 0 Å². The minimum atomic E-state index is 0.556. The SMILES string of the molecule is CC/C=C/c1ccc(Cl)n1N. The highest BCUT2D eigenvalue weighted by Crippen LogP contribution is 2.11. The molecule has 0 bridgehead atoms. The van der Waals surface area contributed by atoms with Gasteiger partial charge >= 0.3 is 0 Å². The molecule has 1 rings (SSSR count).